The molecule has 0 aliphatic heterocycles. The van der Waals surface area contributed by atoms with Crippen LogP contribution in [0.3, 0.4) is 0 Å². The third-order valence-electron chi connectivity index (χ3n) is 1.98. The molecule has 4 nitrogen and oxygen atoms in total. The lowest BCUT2D eigenvalue weighted by atomic mass is 10.2. The van der Waals surface area contributed by atoms with Crippen molar-refractivity contribution in [2.45, 2.75) is 6.92 Å². The van der Waals surface area contributed by atoms with Crippen LogP contribution in [0.15, 0.2) is 24.3 Å². The molecular weight excluding hydrogens is 242 g/mol. The Morgan fingerprint density at radius 2 is 2.18 bits per heavy atom. The largest absolute Gasteiger partial charge is 0.493 e. The Morgan fingerprint density at radius 3 is 2.65 bits per heavy atom. The third-order valence-corrected chi connectivity index (χ3v) is 2.26. The van der Waals surface area contributed by atoms with Gasteiger partial charge in [-0.15, -0.1) is 0 Å². The van der Waals surface area contributed by atoms with Crippen molar-refractivity contribution in [3.8, 4) is 11.5 Å². The fourth-order valence-corrected chi connectivity index (χ4v) is 1.46. The van der Waals surface area contributed by atoms with Crippen LogP contribution in [0, 0.1) is 0 Å². The van der Waals surface area contributed by atoms with Crippen molar-refractivity contribution in [2.24, 2.45) is 5.73 Å². The molecule has 0 saturated heterocycles. The molecule has 0 spiro atoms. The van der Waals surface area contributed by atoms with Gasteiger partial charge in [0.15, 0.2) is 11.5 Å². The van der Waals surface area contributed by atoms with E-state index in [1.54, 1.807) is 0 Å². The second-order valence-electron chi connectivity index (χ2n) is 3.60. The van der Waals surface area contributed by atoms with Gasteiger partial charge >= 0.3 is 0 Å². The molecule has 0 bridgehead atoms. The molecule has 0 fully saturated rings. The highest BCUT2D eigenvalue weighted by Crippen LogP contribution is 2.36. The number of benzene rings is 1. The van der Waals surface area contributed by atoms with E-state index in [1.807, 2.05) is 6.92 Å². The first-order chi connectivity index (χ1) is 7.95. The highest BCUT2D eigenvalue weighted by Gasteiger charge is 2.14. The SMILES string of the molecule is C=C(C)COc1c(Cl)cc(C(N)=O)cc1OC. The molecule has 0 heterocycles. The van der Waals surface area contributed by atoms with Gasteiger partial charge in [0.2, 0.25) is 5.91 Å². The maximum Gasteiger partial charge on any atom is 0.248 e. The van der Waals surface area contributed by atoms with E-state index in [1.165, 1.54) is 19.2 Å². The Morgan fingerprint density at radius 1 is 1.53 bits per heavy atom. The molecule has 17 heavy (non-hydrogen) atoms. The Bertz CT molecular complexity index is 457. The highest BCUT2D eigenvalue weighted by atomic mass is 35.5. The average molecular weight is 256 g/mol. The highest BCUT2D eigenvalue weighted by molar-refractivity contribution is 6.32. The monoisotopic (exact) mass is 255 g/mol. The number of methoxy groups -OCH3 is 1. The Labute approximate surface area is 105 Å². The zero-order valence-electron chi connectivity index (χ0n) is 9.75. The standard InChI is InChI=1S/C12H14ClNO3/c1-7(2)6-17-11-9(13)4-8(12(14)15)5-10(11)16-3/h4-5H,1,6H2,2-3H3,(H2,14,15). The van der Waals surface area contributed by atoms with Crippen LogP contribution >= 0.6 is 11.6 Å². The summed E-state index contributed by atoms with van der Waals surface area (Å²) in [6, 6.07) is 2.93. The number of rotatable bonds is 5. The number of hydrogen-bond acceptors (Lipinski definition) is 3. The fraction of sp³-hybridized carbons (Fsp3) is 0.250. The topological polar surface area (TPSA) is 61.5 Å². The zero-order chi connectivity index (χ0) is 13.0. The van der Waals surface area contributed by atoms with Gasteiger partial charge in [-0.25, -0.2) is 0 Å². The van der Waals surface area contributed by atoms with Crippen molar-refractivity contribution >= 4 is 17.5 Å². The fourth-order valence-electron chi connectivity index (χ4n) is 1.20. The molecule has 1 aromatic rings. The molecular formula is C12H14ClNO3. The summed E-state index contributed by atoms with van der Waals surface area (Å²) in [4.78, 5) is 11.1. The van der Waals surface area contributed by atoms with Crippen molar-refractivity contribution in [3.05, 3.63) is 34.9 Å². The number of nitrogens with two attached hydrogens (primary N) is 1. The normalized spacial score (nSPS) is 9.82. The van der Waals surface area contributed by atoms with Gasteiger partial charge in [-0.05, 0) is 24.6 Å². The summed E-state index contributed by atoms with van der Waals surface area (Å²) in [6.45, 7) is 5.88. The summed E-state index contributed by atoms with van der Waals surface area (Å²) < 4.78 is 10.5. The summed E-state index contributed by atoms with van der Waals surface area (Å²) >= 11 is 6.00. The molecule has 0 radical (unpaired) electrons. The molecule has 1 aromatic carbocycles. The number of carbonyl (C=O) groups excluding carboxylic acids is 1. The average Bonchev–Trinajstić information content (AvgIpc) is 2.25. The molecule has 0 saturated carbocycles. The smallest absolute Gasteiger partial charge is 0.248 e. The van der Waals surface area contributed by atoms with Crippen LogP contribution in [-0.4, -0.2) is 19.6 Å². The van der Waals surface area contributed by atoms with E-state index in [2.05, 4.69) is 6.58 Å². The van der Waals surface area contributed by atoms with E-state index in [4.69, 9.17) is 26.8 Å². The third kappa shape index (κ3) is 3.39. The van der Waals surface area contributed by atoms with E-state index < -0.39 is 5.91 Å². The van der Waals surface area contributed by atoms with Crippen molar-refractivity contribution in [1.29, 1.82) is 0 Å². The first kappa shape index (κ1) is 13.4. The Kier molecular flexibility index (Phi) is 4.40. The minimum absolute atomic E-state index is 0.273. The van der Waals surface area contributed by atoms with Crippen LogP contribution in [0.4, 0.5) is 0 Å². The summed E-state index contributed by atoms with van der Waals surface area (Å²) in [7, 11) is 1.46. The van der Waals surface area contributed by atoms with Gasteiger partial charge in [0.25, 0.3) is 0 Å². The van der Waals surface area contributed by atoms with Gasteiger partial charge in [0, 0.05) is 5.56 Å². The molecule has 0 aliphatic rings. The number of ether oxygens (including phenoxy) is 2. The van der Waals surface area contributed by atoms with Gasteiger partial charge in [-0.2, -0.15) is 0 Å². The molecule has 1 amide bonds. The molecule has 1 rings (SSSR count). The van der Waals surface area contributed by atoms with Gasteiger partial charge in [0.1, 0.15) is 6.61 Å². The van der Waals surface area contributed by atoms with E-state index in [9.17, 15) is 4.79 Å². The summed E-state index contributed by atoms with van der Waals surface area (Å²) in [5, 5.41) is 0.277. The van der Waals surface area contributed by atoms with Gasteiger partial charge in [0.05, 0.1) is 12.1 Å². The number of halogens is 1. The number of carbonyl (C=O) groups is 1. The first-order valence-electron chi connectivity index (χ1n) is 4.90. The van der Waals surface area contributed by atoms with Crippen molar-refractivity contribution in [3.63, 3.8) is 0 Å². The summed E-state index contributed by atoms with van der Waals surface area (Å²) in [6.07, 6.45) is 0. The van der Waals surface area contributed by atoms with Gasteiger partial charge < -0.3 is 15.2 Å². The lowest BCUT2D eigenvalue weighted by molar-refractivity contribution is 0.1000. The maximum atomic E-state index is 11.1. The molecule has 92 valence electrons. The Balaban J connectivity index is 3.12. The van der Waals surface area contributed by atoms with Gasteiger partial charge in [-0.3, -0.25) is 4.79 Å². The van der Waals surface area contributed by atoms with Crippen molar-refractivity contribution in [2.75, 3.05) is 13.7 Å². The number of primary amides is 1. The van der Waals surface area contributed by atoms with Crippen LogP contribution in [0.2, 0.25) is 5.02 Å². The minimum Gasteiger partial charge on any atom is -0.493 e. The predicted molar refractivity (Wildman–Crippen MR) is 66.8 cm³/mol. The van der Waals surface area contributed by atoms with E-state index >= 15 is 0 Å². The van der Waals surface area contributed by atoms with Gasteiger partial charge in [-0.1, -0.05) is 18.2 Å². The van der Waals surface area contributed by atoms with E-state index in [0.29, 0.717) is 18.1 Å². The summed E-state index contributed by atoms with van der Waals surface area (Å²) in [5.41, 5.74) is 6.29. The second-order valence-corrected chi connectivity index (χ2v) is 4.01. The first-order valence-corrected chi connectivity index (χ1v) is 5.28. The number of hydrogen-bond donors (Lipinski definition) is 1. The van der Waals surface area contributed by atoms with E-state index in [-0.39, 0.29) is 10.6 Å². The molecule has 0 aromatic heterocycles. The molecule has 0 atom stereocenters. The lowest BCUT2D eigenvalue weighted by Crippen LogP contribution is -2.11. The van der Waals surface area contributed by atoms with E-state index in [0.717, 1.165) is 5.57 Å². The quantitative estimate of drug-likeness (QED) is 0.822. The zero-order valence-corrected chi connectivity index (χ0v) is 10.5. The second kappa shape index (κ2) is 5.59. The Hall–Kier alpha value is -1.68. The van der Waals surface area contributed by atoms with Crippen LogP contribution < -0.4 is 15.2 Å². The van der Waals surface area contributed by atoms with Crippen molar-refractivity contribution < 1.29 is 14.3 Å². The molecule has 0 unspecified atom stereocenters. The lowest BCUT2D eigenvalue weighted by Gasteiger charge is -2.13. The predicted octanol–water partition coefficient (Wildman–Crippen LogP) is 2.40. The maximum absolute atomic E-state index is 11.1. The molecule has 0 aliphatic carbocycles. The number of amides is 1. The minimum atomic E-state index is -0.573. The molecule has 5 heteroatoms. The van der Waals surface area contributed by atoms with Crippen molar-refractivity contribution in [1.82, 2.24) is 0 Å². The van der Waals surface area contributed by atoms with Crippen LogP contribution in [0.1, 0.15) is 17.3 Å². The van der Waals surface area contributed by atoms with Crippen LogP contribution in [0.5, 0.6) is 11.5 Å². The van der Waals surface area contributed by atoms with Crippen LogP contribution in [0.25, 0.3) is 0 Å². The molecule has 2 N–H and O–H groups in total. The summed E-state index contributed by atoms with van der Waals surface area (Å²) in [5.74, 6) is 0.173. The van der Waals surface area contributed by atoms with Crippen LogP contribution in [-0.2, 0) is 0 Å².